The summed E-state index contributed by atoms with van der Waals surface area (Å²) in [5.74, 6) is 1.73. The molecular formula is C12H19N5S. The van der Waals surface area contributed by atoms with Crippen molar-refractivity contribution in [1.82, 2.24) is 19.2 Å². The fourth-order valence-corrected chi connectivity index (χ4v) is 3.59. The Morgan fingerprint density at radius 2 is 2.06 bits per heavy atom. The van der Waals surface area contributed by atoms with E-state index in [-0.39, 0.29) is 0 Å². The van der Waals surface area contributed by atoms with Crippen LogP contribution in [0.5, 0.6) is 0 Å². The average Bonchev–Trinajstić information content (AvgIpc) is 3.17. The second-order valence-electron chi connectivity index (χ2n) is 5.60. The fourth-order valence-electron chi connectivity index (χ4n) is 2.94. The number of hydrogen-bond donors (Lipinski definition) is 1. The maximum Gasteiger partial charge on any atom is 0.202 e. The molecule has 2 bridgehead atoms. The Hall–Kier alpha value is -0.720. The maximum absolute atomic E-state index is 4.58. The fraction of sp³-hybridized carbons (Fsp3) is 0.833. The first-order valence-electron chi connectivity index (χ1n) is 6.92. The van der Waals surface area contributed by atoms with E-state index in [9.17, 15) is 0 Å². The highest BCUT2D eigenvalue weighted by atomic mass is 32.1. The predicted molar refractivity (Wildman–Crippen MR) is 72.2 cm³/mol. The topological polar surface area (TPSA) is 44.3 Å². The van der Waals surface area contributed by atoms with Crippen molar-refractivity contribution in [3.63, 3.8) is 0 Å². The number of nitrogens with zero attached hydrogens (tertiary/aromatic N) is 4. The SMILES string of the molecule is C1CC1c1nsc(NCC2CN3CCN2CC3)n1. The first kappa shape index (κ1) is 11.1. The third kappa shape index (κ3) is 2.13. The van der Waals surface area contributed by atoms with Gasteiger partial charge >= 0.3 is 0 Å². The van der Waals surface area contributed by atoms with Gasteiger partial charge in [-0.3, -0.25) is 9.80 Å². The van der Waals surface area contributed by atoms with Crippen LogP contribution in [0.4, 0.5) is 5.13 Å². The van der Waals surface area contributed by atoms with Crippen LogP contribution in [-0.4, -0.2) is 64.5 Å². The molecule has 3 aliphatic heterocycles. The van der Waals surface area contributed by atoms with Crippen molar-refractivity contribution < 1.29 is 0 Å². The van der Waals surface area contributed by atoms with Gasteiger partial charge in [0.15, 0.2) is 0 Å². The van der Waals surface area contributed by atoms with E-state index >= 15 is 0 Å². The highest BCUT2D eigenvalue weighted by molar-refractivity contribution is 7.09. The van der Waals surface area contributed by atoms with Gasteiger partial charge < -0.3 is 5.32 Å². The molecule has 1 N–H and O–H groups in total. The molecular weight excluding hydrogens is 246 g/mol. The molecule has 4 fully saturated rings. The normalized spacial score (nSPS) is 34.8. The predicted octanol–water partition coefficient (Wildman–Crippen LogP) is 0.827. The summed E-state index contributed by atoms with van der Waals surface area (Å²) in [7, 11) is 0. The summed E-state index contributed by atoms with van der Waals surface area (Å²) in [6.45, 7) is 7.19. The second kappa shape index (κ2) is 4.43. The second-order valence-corrected chi connectivity index (χ2v) is 6.36. The molecule has 1 unspecified atom stereocenters. The van der Waals surface area contributed by atoms with Gasteiger partial charge in [-0.1, -0.05) is 0 Å². The monoisotopic (exact) mass is 265 g/mol. The smallest absolute Gasteiger partial charge is 0.202 e. The molecule has 5 nitrogen and oxygen atoms in total. The molecule has 0 radical (unpaired) electrons. The maximum atomic E-state index is 4.58. The van der Waals surface area contributed by atoms with Crippen LogP contribution in [0.3, 0.4) is 0 Å². The van der Waals surface area contributed by atoms with Gasteiger partial charge in [-0.05, 0) is 12.8 Å². The summed E-state index contributed by atoms with van der Waals surface area (Å²) < 4.78 is 4.43. The minimum atomic E-state index is 0.653. The Kier molecular flexibility index (Phi) is 2.74. The molecule has 4 heterocycles. The summed E-state index contributed by atoms with van der Waals surface area (Å²) >= 11 is 1.52. The van der Waals surface area contributed by atoms with Gasteiger partial charge in [0.25, 0.3) is 0 Å². The van der Waals surface area contributed by atoms with E-state index in [1.807, 2.05) is 0 Å². The zero-order valence-electron chi connectivity index (χ0n) is 10.5. The van der Waals surface area contributed by atoms with Crippen LogP contribution in [0.2, 0.25) is 0 Å². The molecule has 18 heavy (non-hydrogen) atoms. The van der Waals surface area contributed by atoms with E-state index in [2.05, 4.69) is 24.5 Å². The number of hydrogen-bond acceptors (Lipinski definition) is 6. The molecule has 1 aromatic heterocycles. The minimum Gasteiger partial charge on any atom is -0.359 e. The van der Waals surface area contributed by atoms with Crippen LogP contribution in [0, 0.1) is 0 Å². The highest BCUT2D eigenvalue weighted by Gasteiger charge is 2.32. The summed E-state index contributed by atoms with van der Waals surface area (Å²) in [6.07, 6.45) is 2.56. The standard InChI is InChI=1S/C12H19N5S/c1-2-9(1)11-14-12(18-15-11)13-7-10-8-16-3-5-17(10)6-4-16/h9-10H,1-8H2,(H,13,14,15). The van der Waals surface area contributed by atoms with Gasteiger partial charge in [0.05, 0.1) is 0 Å². The zero-order chi connectivity index (χ0) is 11.9. The van der Waals surface area contributed by atoms with Crippen molar-refractivity contribution in [2.75, 3.05) is 44.6 Å². The van der Waals surface area contributed by atoms with Gasteiger partial charge in [0.1, 0.15) is 5.82 Å². The van der Waals surface area contributed by atoms with Gasteiger partial charge in [0, 0.05) is 62.8 Å². The molecule has 0 spiro atoms. The molecule has 1 aliphatic carbocycles. The van der Waals surface area contributed by atoms with Crippen molar-refractivity contribution >= 4 is 16.7 Å². The molecule has 1 atom stereocenters. The lowest BCUT2D eigenvalue weighted by Crippen LogP contribution is -2.62. The number of rotatable bonds is 4. The molecule has 6 heteroatoms. The Morgan fingerprint density at radius 3 is 2.72 bits per heavy atom. The van der Waals surface area contributed by atoms with Gasteiger partial charge in [-0.2, -0.15) is 4.37 Å². The number of anilines is 1. The lowest BCUT2D eigenvalue weighted by atomic mass is 10.1. The lowest BCUT2D eigenvalue weighted by Gasteiger charge is -2.47. The zero-order valence-corrected chi connectivity index (χ0v) is 11.3. The number of fused-ring (bicyclic) bond motifs is 3. The summed E-state index contributed by atoms with van der Waals surface area (Å²) in [5.41, 5.74) is 0. The Bertz CT molecular complexity index is 422. The van der Waals surface area contributed by atoms with Crippen LogP contribution < -0.4 is 5.32 Å². The quantitative estimate of drug-likeness (QED) is 0.873. The van der Waals surface area contributed by atoms with Crippen molar-refractivity contribution in [3.05, 3.63) is 5.82 Å². The Balaban J connectivity index is 1.34. The molecule has 1 saturated carbocycles. The molecule has 4 aliphatic rings. The van der Waals surface area contributed by atoms with Crippen molar-refractivity contribution in [3.8, 4) is 0 Å². The lowest BCUT2D eigenvalue weighted by molar-refractivity contribution is 0.0189. The summed E-state index contributed by atoms with van der Waals surface area (Å²) in [4.78, 5) is 9.76. The van der Waals surface area contributed by atoms with E-state index in [4.69, 9.17) is 0 Å². The molecule has 5 rings (SSSR count). The first-order chi connectivity index (χ1) is 8.88. The molecule has 3 saturated heterocycles. The summed E-state index contributed by atoms with van der Waals surface area (Å²) in [6, 6.07) is 0.653. The van der Waals surface area contributed by atoms with Crippen LogP contribution in [-0.2, 0) is 0 Å². The average molecular weight is 265 g/mol. The molecule has 0 aromatic carbocycles. The van der Waals surface area contributed by atoms with Gasteiger partial charge in [-0.25, -0.2) is 4.98 Å². The van der Waals surface area contributed by atoms with Crippen LogP contribution >= 0.6 is 11.5 Å². The van der Waals surface area contributed by atoms with Crippen molar-refractivity contribution in [2.45, 2.75) is 24.8 Å². The Labute approximate surface area is 111 Å². The minimum absolute atomic E-state index is 0.653. The number of piperazine rings is 3. The van der Waals surface area contributed by atoms with E-state index in [1.165, 1.54) is 57.1 Å². The third-order valence-electron chi connectivity index (χ3n) is 4.27. The summed E-state index contributed by atoms with van der Waals surface area (Å²) in [5, 5.41) is 4.49. The van der Waals surface area contributed by atoms with Crippen molar-refractivity contribution in [2.24, 2.45) is 0 Å². The number of nitrogens with one attached hydrogen (secondary N) is 1. The first-order valence-corrected chi connectivity index (χ1v) is 7.70. The molecule has 98 valence electrons. The van der Waals surface area contributed by atoms with E-state index < -0.39 is 0 Å². The third-order valence-corrected chi connectivity index (χ3v) is 4.95. The Morgan fingerprint density at radius 1 is 1.22 bits per heavy atom. The molecule has 1 aromatic rings. The molecule has 0 amide bonds. The van der Waals surface area contributed by atoms with Crippen molar-refractivity contribution in [1.29, 1.82) is 0 Å². The largest absolute Gasteiger partial charge is 0.359 e. The van der Waals surface area contributed by atoms with Crippen LogP contribution in [0.15, 0.2) is 0 Å². The van der Waals surface area contributed by atoms with Gasteiger partial charge in [0.2, 0.25) is 5.13 Å². The van der Waals surface area contributed by atoms with E-state index in [1.54, 1.807) is 0 Å². The van der Waals surface area contributed by atoms with E-state index in [0.29, 0.717) is 12.0 Å². The van der Waals surface area contributed by atoms with Gasteiger partial charge in [-0.15, -0.1) is 0 Å². The highest BCUT2D eigenvalue weighted by Crippen LogP contribution is 2.39. The number of aromatic nitrogens is 2. The van der Waals surface area contributed by atoms with Crippen LogP contribution in [0.25, 0.3) is 0 Å². The van der Waals surface area contributed by atoms with E-state index in [0.717, 1.165) is 17.5 Å². The van der Waals surface area contributed by atoms with Crippen LogP contribution in [0.1, 0.15) is 24.6 Å².